The smallest absolute Gasteiger partial charge is 0.372 e. The van der Waals surface area contributed by atoms with E-state index in [4.69, 9.17) is 9.47 Å². The lowest BCUT2D eigenvalue weighted by atomic mass is 9.88. The van der Waals surface area contributed by atoms with E-state index in [1.165, 1.54) is 0 Å². The van der Waals surface area contributed by atoms with E-state index in [9.17, 15) is 9.59 Å². The van der Waals surface area contributed by atoms with Crippen LogP contribution in [0, 0.1) is 0 Å². The Kier molecular flexibility index (Phi) is 12.8. The maximum Gasteiger partial charge on any atom is 0.372 e. The van der Waals surface area contributed by atoms with Crippen LogP contribution in [0.15, 0.2) is 73.6 Å². The third-order valence-electron chi connectivity index (χ3n) is 4.96. The number of halogens is 2. The van der Waals surface area contributed by atoms with E-state index in [-0.39, 0.29) is 55.8 Å². The van der Waals surface area contributed by atoms with Gasteiger partial charge in [0, 0.05) is 41.6 Å². The summed E-state index contributed by atoms with van der Waals surface area (Å²) in [6.07, 6.45) is 12.0. The summed E-state index contributed by atoms with van der Waals surface area (Å²) in [5.41, 5.74) is 3.21. The minimum atomic E-state index is -0.268. The number of hydrogen-bond acceptors (Lipinski definition) is 5. The molecule has 0 saturated heterocycles. The quantitative estimate of drug-likeness (QED) is 0.208. The normalized spacial score (nSPS) is 10.9. The van der Waals surface area contributed by atoms with Gasteiger partial charge in [0.15, 0.2) is 24.8 Å². The maximum atomic E-state index is 11.9. The van der Waals surface area contributed by atoms with Crippen molar-refractivity contribution in [2.75, 3.05) is 13.2 Å². The van der Waals surface area contributed by atoms with E-state index in [1.807, 2.05) is 64.4 Å². The standard InChI is InChI=1S/C25H29N3O4.2ClH/c1-3-31-24(29)18-27-12-6-8-20(16-27)14-23(21-9-5-11-26-15-21)22-10-7-13-28(17-22)19-25(30)32-4-2;;/h5-13,15-17,23H,3-4,14,18-19H2,1-2H3;2*1H/q+2;;/p-2. The molecule has 182 valence electrons. The number of nitrogens with zero attached hydrogens (tertiary/aromatic N) is 3. The zero-order valence-corrected chi connectivity index (χ0v) is 20.8. The van der Waals surface area contributed by atoms with Crippen molar-refractivity contribution in [3.63, 3.8) is 0 Å². The van der Waals surface area contributed by atoms with Crippen LogP contribution >= 0.6 is 0 Å². The summed E-state index contributed by atoms with van der Waals surface area (Å²) in [6, 6.07) is 11.9. The van der Waals surface area contributed by atoms with Crippen LogP contribution in [-0.4, -0.2) is 30.1 Å². The first-order chi connectivity index (χ1) is 15.6. The van der Waals surface area contributed by atoms with Crippen molar-refractivity contribution in [2.24, 2.45) is 0 Å². The fourth-order valence-electron chi connectivity index (χ4n) is 3.60. The molecule has 3 aromatic rings. The van der Waals surface area contributed by atoms with Crippen molar-refractivity contribution in [1.29, 1.82) is 0 Å². The Morgan fingerprint density at radius 3 is 2.03 bits per heavy atom. The molecule has 0 aromatic carbocycles. The number of aromatic nitrogens is 3. The van der Waals surface area contributed by atoms with Crippen molar-refractivity contribution < 1.29 is 53.0 Å². The van der Waals surface area contributed by atoms with Gasteiger partial charge >= 0.3 is 11.9 Å². The molecule has 3 heterocycles. The molecule has 0 spiro atoms. The lowest BCUT2D eigenvalue weighted by Gasteiger charge is -2.16. The van der Waals surface area contributed by atoms with Crippen molar-refractivity contribution in [3.05, 3.63) is 90.3 Å². The van der Waals surface area contributed by atoms with Gasteiger partial charge in [-0.15, -0.1) is 0 Å². The van der Waals surface area contributed by atoms with Gasteiger partial charge in [0.2, 0.25) is 13.1 Å². The molecule has 0 N–H and O–H groups in total. The van der Waals surface area contributed by atoms with Crippen LogP contribution in [0.4, 0.5) is 0 Å². The Bertz CT molecular complexity index is 1050. The third kappa shape index (κ3) is 8.72. The molecule has 9 heteroatoms. The number of carbonyl (C=O) groups is 2. The number of rotatable bonds is 10. The molecule has 0 bridgehead atoms. The van der Waals surface area contributed by atoms with Gasteiger partial charge in [-0.3, -0.25) is 4.98 Å². The van der Waals surface area contributed by atoms with E-state index in [2.05, 4.69) is 17.1 Å². The largest absolute Gasteiger partial charge is 1.00 e. The molecular weight excluding hydrogens is 477 g/mol. The van der Waals surface area contributed by atoms with Gasteiger partial charge in [-0.05, 0) is 44.0 Å². The molecule has 3 aromatic heterocycles. The number of carbonyl (C=O) groups excluding carboxylic acids is 2. The van der Waals surface area contributed by atoms with Crippen LogP contribution in [0.25, 0.3) is 0 Å². The predicted octanol–water partition coefficient (Wildman–Crippen LogP) is -3.83. The summed E-state index contributed by atoms with van der Waals surface area (Å²) < 4.78 is 13.8. The van der Waals surface area contributed by atoms with Gasteiger partial charge in [-0.2, -0.15) is 9.13 Å². The minimum absolute atomic E-state index is 0. The zero-order chi connectivity index (χ0) is 22.8. The Morgan fingerprint density at radius 1 is 0.853 bits per heavy atom. The van der Waals surface area contributed by atoms with Crippen LogP contribution in [-0.2, 0) is 38.6 Å². The van der Waals surface area contributed by atoms with Crippen molar-refractivity contribution >= 4 is 11.9 Å². The fraction of sp³-hybridized carbons (Fsp3) is 0.320. The first-order valence-electron chi connectivity index (χ1n) is 10.8. The van der Waals surface area contributed by atoms with E-state index in [0.717, 1.165) is 16.7 Å². The molecular formula is C25H29Cl2N3O4. The number of ether oxygens (including phenoxy) is 2. The lowest BCUT2D eigenvalue weighted by molar-refractivity contribution is -0.686. The Labute approximate surface area is 212 Å². The topological polar surface area (TPSA) is 73.3 Å². The van der Waals surface area contributed by atoms with Gasteiger partial charge in [0.05, 0.1) is 13.2 Å². The van der Waals surface area contributed by atoms with E-state index < -0.39 is 0 Å². The second-order valence-electron chi connectivity index (χ2n) is 7.35. The minimum Gasteiger partial charge on any atom is -1.00 e. The monoisotopic (exact) mass is 505 g/mol. The molecule has 7 nitrogen and oxygen atoms in total. The zero-order valence-electron chi connectivity index (χ0n) is 19.3. The Hall–Kier alpha value is -3.03. The molecule has 1 atom stereocenters. The molecule has 0 aliphatic heterocycles. The molecule has 34 heavy (non-hydrogen) atoms. The highest BCUT2D eigenvalue weighted by Crippen LogP contribution is 2.27. The summed E-state index contributed by atoms with van der Waals surface area (Å²) in [5.74, 6) is -0.506. The second-order valence-corrected chi connectivity index (χ2v) is 7.35. The van der Waals surface area contributed by atoms with Crippen LogP contribution in [0.3, 0.4) is 0 Å². The van der Waals surface area contributed by atoms with E-state index >= 15 is 0 Å². The SMILES string of the molecule is CCOC(=O)C[n+]1cccc(CC(c2cccnc2)c2ccc[n+](CC(=O)OCC)c2)c1.[Cl-].[Cl-]. The first kappa shape index (κ1) is 29.0. The van der Waals surface area contributed by atoms with Crippen LogP contribution in [0.5, 0.6) is 0 Å². The van der Waals surface area contributed by atoms with Crippen LogP contribution < -0.4 is 33.9 Å². The van der Waals surface area contributed by atoms with Gasteiger partial charge < -0.3 is 34.3 Å². The van der Waals surface area contributed by atoms with Crippen molar-refractivity contribution in [3.8, 4) is 0 Å². The molecule has 0 saturated carbocycles. The summed E-state index contributed by atoms with van der Waals surface area (Å²) in [5, 5.41) is 0. The Balaban J connectivity index is 0.00000289. The van der Waals surface area contributed by atoms with E-state index in [1.54, 1.807) is 20.0 Å². The number of esters is 2. The molecule has 0 aliphatic rings. The average Bonchev–Trinajstić information content (AvgIpc) is 2.79. The second kappa shape index (κ2) is 15.0. The number of pyridine rings is 3. The first-order valence-corrected chi connectivity index (χ1v) is 10.8. The molecule has 0 radical (unpaired) electrons. The van der Waals surface area contributed by atoms with E-state index in [0.29, 0.717) is 19.6 Å². The predicted molar refractivity (Wildman–Crippen MR) is 116 cm³/mol. The van der Waals surface area contributed by atoms with Crippen LogP contribution in [0.2, 0.25) is 0 Å². The molecule has 3 rings (SSSR count). The summed E-state index contributed by atoms with van der Waals surface area (Å²) in [7, 11) is 0. The molecule has 0 fully saturated rings. The Morgan fingerprint density at radius 2 is 1.44 bits per heavy atom. The highest BCUT2D eigenvalue weighted by Gasteiger charge is 2.21. The van der Waals surface area contributed by atoms with Crippen LogP contribution in [0.1, 0.15) is 36.5 Å². The number of hydrogen-bond donors (Lipinski definition) is 0. The third-order valence-corrected chi connectivity index (χ3v) is 4.96. The molecule has 0 amide bonds. The summed E-state index contributed by atoms with van der Waals surface area (Å²) >= 11 is 0. The van der Waals surface area contributed by atoms with Gasteiger partial charge in [0.1, 0.15) is 0 Å². The van der Waals surface area contributed by atoms with Gasteiger partial charge in [0.25, 0.3) is 0 Å². The van der Waals surface area contributed by atoms with Gasteiger partial charge in [-0.1, -0.05) is 6.07 Å². The summed E-state index contributed by atoms with van der Waals surface area (Å²) in [6.45, 7) is 4.65. The molecule has 1 unspecified atom stereocenters. The highest BCUT2D eigenvalue weighted by molar-refractivity contribution is 5.67. The summed E-state index contributed by atoms with van der Waals surface area (Å²) in [4.78, 5) is 28.1. The maximum absolute atomic E-state index is 11.9. The highest BCUT2D eigenvalue weighted by atomic mass is 35.5. The fourth-order valence-corrected chi connectivity index (χ4v) is 3.60. The van der Waals surface area contributed by atoms with Crippen molar-refractivity contribution in [1.82, 2.24) is 4.98 Å². The van der Waals surface area contributed by atoms with Gasteiger partial charge in [-0.25, -0.2) is 9.59 Å². The van der Waals surface area contributed by atoms with Crippen molar-refractivity contribution in [2.45, 2.75) is 39.3 Å². The lowest BCUT2D eigenvalue weighted by Crippen LogP contribution is -3.00. The molecule has 0 aliphatic carbocycles. The average molecular weight is 506 g/mol.